The Morgan fingerprint density at radius 1 is 0.882 bits per heavy atom. The van der Waals surface area contributed by atoms with E-state index in [1.165, 1.54) is 5.22 Å². The zero-order valence-corrected chi connectivity index (χ0v) is 10.5. The summed E-state index contributed by atoms with van der Waals surface area (Å²) in [4.78, 5) is 3.38. The van der Waals surface area contributed by atoms with Gasteiger partial charge in [0.25, 0.3) is 0 Å². The molecule has 0 aromatic carbocycles. The normalized spacial score (nSPS) is 16.1. The Hall–Kier alpha value is -2.02. The number of aromatic nitrogens is 1. The van der Waals surface area contributed by atoms with Crippen LogP contribution in [0.1, 0.15) is 13.8 Å². The highest BCUT2D eigenvalue weighted by molar-refractivity contribution is 5.45. The van der Waals surface area contributed by atoms with Gasteiger partial charge in [0.15, 0.2) is 0 Å². The molecule has 1 aromatic heterocycles. The molecule has 0 radical (unpaired) electrons. The van der Waals surface area contributed by atoms with Crippen molar-refractivity contribution in [1.29, 1.82) is 0 Å². The first-order valence-electron chi connectivity index (χ1n) is 5.71. The van der Waals surface area contributed by atoms with Crippen molar-refractivity contribution in [3.63, 3.8) is 0 Å². The first-order chi connectivity index (χ1) is 8.28. The van der Waals surface area contributed by atoms with E-state index < -0.39 is 0 Å². The summed E-state index contributed by atoms with van der Waals surface area (Å²) in [6, 6.07) is 0. The molecule has 0 aliphatic heterocycles. The van der Waals surface area contributed by atoms with Crippen LogP contribution >= 0.6 is 0 Å². The Balaban J connectivity index is 3.88. The molecule has 0 fully saturated rings. The molecule has 17 heavy (non-hydrogen) atoms. The van der Waals surface area contributed by atoms with Crippen LogP contribution in [-0.4, -0.2) is 4.98 Å². The predicted molar refractivity (Wildman–Crippen MR) is 78.0 cm³/mol. The largest absolute Gasteiger partial charge is 0.355 e. The van der Waals surface area contributed by atoms with Crippen molar-refractivity contribution in [2.75, 3.05) is 0 Å². The number of hydrogen-bond acceptors (Lipinski definition) is 0. The van der Waals surface area contributed by atoms with Crippen LogP contribution in [0.25, 0.3) is 24.3 Å². The van der Waals surface area contributed by atoms with E-state index in [-0.39, 0.29) is 0 Å². The van der Waals surface area contributed by atoms with Crippen LogP contribution in [0.5, 0.6) is 0 Å². The topological polar surface area (TPSA) is 15.8 Å². The highest BCUT2D eigenvalue weighted by Crippen LogP contribution is 1.69. The summed E-state index contributed by atoms with van der Waals surface area (Å²) in [5, 5.41) is 4.50. The summed E-state index contributed by atoms with van der Waals surface area (Å²) in [5.41, 5.74) is 0. The molecule has 0 spiro atoms. The smallest absolute Gasteiger partial charge is 0.0464 e. The van der Waals surface area contributed by atoms with Gasteiger partial charge in [0, 0.05) is 21.1 Å². The Labute approximate surface area is 102 Å². The third-order valence-corrected chi connectivity index (χ3v) is 2.45. The van der Waals surface area contributed by atoms with Gasteiger partial charge in [0.2, 0.25) is 0 Å². The molecular weight excluding hydrogens is 206 g/mol. The van der Waals surface area contributed by atoms with Gasteiger partial charge in [-0.25, -0.2) is 0 Å². The average molecular weight is 225 g/mol. The molecule has 88 valence electrons. The first kappa shape index (κ1) is 13.0. The first-order valence-corrected chi connectivity index (χ1v) is 5.71. The Morgan fingerprint density at radius 2 is 1.53 bits per heavy atom. The Kier molecular flexibility index (Phi) is 5.02. The van der Waals surface area contributed by atoms with Gasteiger partial charge in [0.1, 0.15) is 0 Å². The monoisotopic (exact) mass is 225 g/mol. The average Bonchev–Trinajstić information content (AvgIpc) is 2.65. The fourth-order valence-electron chi connectivity index (χ4n) is 1.75. The van der Waals surface area contributed by atoms with E-state index in [1.54, 1.807) is 12.2 Å². The lowest BCUT2D eigenvalue weighted by molar-refractivity contribution is 1.26. The van der Waals surface area contributed by atoms with Gasteiger partial charge < -0.3 is 4.98 Å². The van der Waals surface area contributed by atoms with E-state index in [0.29, 0.717) is 0 Å². The molecule has 1 heteroatoms. The van der Waals surface area contributed by atoms with Gasteiger partial charge in [-0.15, -0.1) is 0 Å². The molecule has 0 bridgehead atoms. The summed E-state index contributed by atoms with van der Waals surface area (Å²) in [7, 11) is 0. The van der Waals surface area contributed by atoms with Crippen LogP contribution in [0.3, 0.4) is 0 Å². The molecule has 0 atom stereocenters. The van der Waals surface area contributed by atoms with Crippen LogP contribution in [-0.2, 0) is 0 Å². The molecule has 0 amide bonds. The zero-order valence-electron chi connectivity index (χ0n) is 10.5. The second-order valence-electron chi connectivity index (χ2n) is 3.57. The maximum Gasteiger partial charge on any atom is 0.0464 e. The lowest BCUT2D eigenvalue weighted by Crippen LogP contribution is -2.36. The van der Waals surface area contributed by atoms with E-state index in [4.69, 9.17) is 0 Å². The minimum absolute atomic E-state index is 1.06. The lowest BCUT2D eigenvalue weighted by atomic mass is 10.2. The second kappa shape index (κ2) is 6.54. The van der Waals surface area contributed by atoms with Crippen LogP contribution in [0.15, 0.2) is 37.5 Å². The minimum atomic E-state index is 1.06. The van der Waals surface area contributed by atoms with Gasteiger partial charge in [-0.05, 0) is 26.0 Å². The Morgan fingerprint density at radius 3 is 2.06 bits per heavy atom. The summed E-state index contributed by atoms with van der Waals surface area (Å²) in [5.74, 6) is 0. The maximum atomic E-state index is 3.76. The molecule has 1 rings (SSSR count). The summed E-state index contributed by atoms with van der Waals surface area (Å²) in [6.07, 6.45) is 15.8. The van der Waals surface area contributed by atoms with E-state index in [2.05, 4.69) is 30.3 Å². The van der Waals surface area contributed by atoms with Crippen molar-refractivity contribution in [2.45, 2.75) is 13.8 Å². The van der Waals surface area contributed by atoms with Crippen LogP contribution in [0.2, 0.25) is 0 Å². The fourth-order valence-corrected chi connectivity index (χ4v) is 1.75. The fraction of sp³-hybridized carbons (Fsp3) is 0.125. The van der Waals surface area contributed by atoms with E-state index in [9.17, 15) is 0 Å². The molecule has 1 N–H and O–H groups in total. The molecule has 1 nitrogen and oxygen atoms in total. The van der Waals surface area contributed by atoms with Gasteiger partial charge in [-0.2, -0.15) is 0 Å². The quantitative estimate of drug-likeness (QED) is 0.793. The second-order valence-corrected chi connectivity index (χ2v) is 3.57. The molecular formula is C16H19N. The van der Waals surface area contributed by atoms with Gasteiger partial charge in [-0.1, -0.05) is 49.6 Å². The number of H-pyrrole nitrogens is 1. The number of rotatable bonds is 3. The van der Waals surface area contributed by atoms with Crippen molar-refractivity contribution in [2.24, 2.45) is 0 Å². The van der Waals surface area contributed by atoms with Gasteiger partial charge in [-0.3, -0.25) is 0 Å². The van der Waals surface area contributed by atoms with Crippen LogP contribution in [0, 0.1) is 0 Å². The van der Waals surface area contributed by atoms with Crippen molar-refractivity contribution >= 4 is 24.3 Å². The highest BCUT2D eigenvalue weighted by atomic mass is 14.7. The number of hydrogen-bond donors (Lipinski definition) is 1. The van der Waals surface area contributed by atoms with Gasteiger partial charge >= 0.3 is 0 Å². The van der Waals surface area contributed by atoms with Gasteiger partial charge in [0.05, 0.1) is 0 Å². The van der Waals surface area contributed by atoms with Crippen molar-refractivity contribution in [3.8, 4) is 0 Å². The molecule has 0 aliphatic carbocycles. The van der Waals surface area contributed by atoms with E-state index in [0.717, 1.165) is 15.9 Å². The van der Waals surface area contributed by atoms with Crippen molar-refractivity contribution < 1.29 is 0 Å². The number of nitrogens with one attached hydrogen (secondary N) is 1. The zero-order chi connectivity index (χ0) is 12.7. The van der Waals surface area contributed by atoms with Crippen LogP contribution < -0.4 is 21.1 Å². The summed E-state index contributed by atoms with van der Waals surface area (Å²) < 4.78 is 0. The van der Waals surface area contributed by atoms with Crippen molar-refractivity contribution in [1.82, 2.24) is 4.98 Å². The summed E-state index contributed by atoms with van der Waals surface area (Å²) in [6.45, 7) is 11.5. The van der Waals surface area contributed by atoms with E-state index in [1.807, 2.05) is 38.2 Å². The molecule has 0 unspecified atom stereocenters. The maximum absolute atomic E-state index is 3.76. The molecule has 0 saturated heterocycles. The lowest BCUT2D eigenvalue weighted by Gasteiger charge is -1.78. The third-order valence-electron chi connectivity index (χ3n) is 2.45. The molecule has 0 saturated carbocycles. The SMILES string of the molecule is C=CC=c1c(=C/C)/c(=C\C=C/C)[nH]/c1=C/C=C. The number of allylic oxidation sites excluding steroid dienone is 4. The van der Waals surface area contributed by atoms with E-state index >= 15 is 0 Å². The number of aromatic amines is 1. The summed E-state index contributed by atoms with van der Waals surface area (Å²) >= 11 is 0. The highest BCUT2D eigenvalue weighted by Gasteiger charge is 1.92. The van der Waals surface area contributed by atoms with Crippen LogP contribution in [0.4, 0.5) is 0 Å². The van der Waals surface area contributed by atoms with Crippen molar-refractivity contribution in [3.05, 3.63) is 58.6 Å². The third kappa shape index (κ3) is 2.97. The predicted octanol–water partition coefficient (Wildman–Crippen LogP) is 1.10. The minimum Gasteiger partial charge on any atom is -0.355 e. The standard InChI is InChI=1S/C16H19N/c1-5-9-12-16-13(8-4)14(10-6-2)15(17-16)11-7-3/h5-12,17H,2-3H2,1,4H3/b9-5-,13-8-,14-10?,15-11+,16-12+. The molecule has 0 aliphatic rings. The molecule has 1 aromatic rings. The Bertz CT molecular complexity index is 652. The molecule has 1 heterocycles.